The maximum atomic E-state index is 13.7. The average molecular weight is 262 g/mol. The molecule has 0 saturated carbocycles. The second-order valence-corrected chi connectivity index (χ2v) is 4.11. The van der Waals surface area contributed by atoms with E-state index in [9.17, 15) is 4.39 Å². The number of halogens is 2. The Morgan fingerprint density at radius 1 is 1.41 bits per heavy atom. The molecule has 0 aliphatic heterocycles. The van der Waals surface area contributed by atoms with Crippen LogP contribution in [0.5, 0.6) is 0 Å². The van der Waals surface area contributed by atoms with Crippen molar-refractivity contribution in [1.29, 1.82) is 0 Å². The predicted octanol–water partition coefficient (Wildman–Crippen LogP) is 1.92. The summed E-state index contributed by atoms with van der Waals surface area (Å²) in [6, 6.07) is 4.93. The first-order chi connectivity index (χ1) is 8.19. The van der Waals surface area contributed by atoms with Crippen molar-refractivity contribution in [2.24, 2.45) is 0 Å². The van der Waals surface area contributed by atoms with Gasteiger partial charge in [0.1, 0.15) is 5.82 Å². The minimum absolute atomic E-state index is 0.0336. The van der Waals surface area contributed by atoms with E-state index in [0.29, 0.717) is 31.8 Å². The summed E-state index contributed by atoms with van der Waals surface area (Å²) in [7, 11) is 1.61. The largest absolute Gasteiger partial charge is 0.395 e. The molecule has 1 N–H and O–H groups in total. The molecule has 1 aromatic carbocycles. The molecule has 0 fully saturated rings. The predicted molar refractivity (Wildman–Crippen MR) is 65.6 cm³/mol. The van der Waals surface area contributed by atoms with Gasteiger partial charge in [-0.25, -0.2) is 4.39 Å². The fourth-order valence-electron chi connectivity index (χ4n) is 1.54. The van der Waals surface area contributed by atoms with Crippen molar-refractivity contribution in [3.8, 4) is 0 Å². The SMILES string of the molecule is COCCN(CCO)Cc1cccc(Cl)c1F. The van der Waals surface area contributed by atoms with Crippen molar-refractivity contribution in [2.75, 3.05) is 33.4 Å². The van der Waals surface area contributed by atoms with Gasteiger partial charge in [0.25, 0.3) is 0 Å². The summed E-state index contributed by atoms with van der Waals surface area (Å²) in [6.45, 7) is 2.11. The molecule has 0 aliphatic carbocycles. The van der Waals surface area contributed by atoms with Crippen molar-refractivity contribution in [1.82, 2.24) is 4.90 Å². The number of aliphatic hydroxyl groups is 1. The summed E-state index contributed by atoms with van der Waals surface area (Å²) in [4.78, 5) is 1.91. The maximum Gasteiger partial charge on any atom is 0.146 e. The number of hydrogen-bond donors (Lipinski definition) is 1. The molecule has 0 aliphatic rings. The second-order valence-electron chi connectivity index (χ2n) is 3.71. The number of aliphatic hydroxyl groups excluding tert-OH is 1. The molecule has 17 heavy (non-hydrogen) atoms. The summed E-state index contributed by atoms with van der Waals surface area (Å²) in [5.41, 5.74) is 0.530. The highest BCUT2D eigenvalue weighted by molar-refractivity contribution is 6.30. The van der Waals surface area contributed by atoms with Crippen molar-refractivity contribution in [3.63, 3.8) is 0 Å². The Morgan fingerprint density at radius 3 is 2.82 bits per heavy atom. The summed E-state index contributed by atoms with van der Waals surface area (Å²) in [6.07, 6.45) is 0. The Balaban J connectivity index is 2.67. The molecule has 1 rings (SSSR count). The Bertz CT molecular complexity index is 349. The summed E-state index contributed by atoms with van der Waals surface area (Å²) in [5, 5.41) is 9.06. The minimum atomic E-state index is -0.394. The molecule has 5 heteroatoms. The average Bonchev–Trinajstić information content (AvgIpc) is 2.32. The van der Waals surface area contributed by atoms with Crippen LogP contribution in [0.4, 0.5) is 4.39 Å². The van der Waals surface area contributed by atoms with E-state index in [1.54, 1.807) is 19.2 Å². The van der Waals surface area contributed by atoms with Gasteiger partial charge in [-0.3, -0.25) is 4.90 Å². The normalized spacial score (nSPS) is 11.1. The zero-order valence-electron chi connectivity index (χ0n) is 9.83. The molecule has 0 amide bonds. The van der Waals surface area contributed by atoms with Gasteiger partial charge in [0.2, 0.25) is 0 Å². The zero-order valence-corrected chi connectivity index (χ0v) is 10.6. The monoisotopic (exact) mass is 261 g/mol. The number of hydrogen-bond acceptors (Lipinski definition) is 3. The van der Waals surface area contributed by atoms with Crippen LogP contribution in [0.1, 0.15) is 5.56 Å². The zero-order chi connectivity index (χ0) is 12.7. The van der Waals surface area contributed by atoms with Crippen LogP contribution in [0.25, 0.3) is 0 Å². The van der Waals surface area contributed by atoms with Gasteiger partial charge < -0.3 is 9.84 Å². The summed E-state index contributed by atoms with van der Waals surface area (Å²) in [5.74, 6) is -0.394. The van der Waals surface area contributed by atoms with Gasteiger partial charge in [-0.15, -0.1) is 0 Å². The van der Waals surface area contributed by atoms with Crippen LogP contribution in [0.3, 0.4) is 0 Å². The highest BCUT2D eigenvalue weighted by Gasteiger charge is 2.10. The number of ether oxygens (including phenoxy) is 1. The van der Waals surface area contributed by atoms with E-state index in [-0.39, 0.29) is 11.6 Å². The van der Waals surface area contributed by atoms with Crippen LogP contribution in [0.15, 0.2) is 18.2 Å². The van der Waals surface area contributed by atoms with Crippen LogP contribution in [0, 0.1) is 5.82 Å². The molecule has 0 bridgehead atoms. The van der Waals surface area contributed by atoms with Crippen molar-refractivity contribution < 1.29 is 14.2 Å². The van der Waals surface area contributed by atoms with Gasteiger partial charge in [-0.1, -0.05) is 23.7 Å². The third kappa shape index (κ3) is 4.60. The highest BCUT2D eigenvalue weighted by Crippen LogP contribution is 2.19. The molecule has 0 atom stereocenters. The van der Waals surface area contributed by atoms with Crippen LogP contribution in [-0.4, -0.2) is 43.4 Å². The second kappa shape index (κ2) is 7.61. The standard InChI is InChI=1S/C12H17ClFNO2/c1-17-8-6-15(5-7-16)9-10-3-2-4-11(13)12(10)14/h2-4,16H,5-9H2,1H3. The number of nitrogens with zero attached hydrogens (tertiary/aromatic N) is 1. The molecule has 0 unspecified atom stereocenters. The van der Waals surface area contributed by atoms with Gasteiger partial charge in [0.15, 0.2) is 0 Å². The van der Waals surface area contributed by atoms with Crippen LogP contribution in [-0.2, 0) is 11.3 Å². The number of methoxy groups -OCH3 is 1. The molecular weight excluding hydrogens is 245 g/mol. The van der Waals surface area contributed by atoms with E-state index in [1.165, 1.54) is 6.07 Å². The molecule has 1 aromatic rings. The van der Waals surface area contributed by atoms with E-state index in [1.807, 2.05) is 4.90 Å². The van der Waals surface area contributed by atoms with Crippen LogP contribution in [0.2, 0.25) is 5.02 Å². The summed E-state index contributed by atoms with van der Waals surface area (Å²) >= 11 is 5.71. The van der Waals surface area contributed by atoms with E-state index < -0.39 is 5.82 Å². The van der Waals surface area contributed by atoms with E-state index in [2.05, 4.69) is 0 Å². The maximum absolute atomic E-state index is 13.7. The molecule has 96 valence electrons. The van der Waals surface area contributed by atoms with Gasteiger partial charge in [-0.05, 0) is 6.07 Å². The number of benzene rings is 1. The highest BCUT2D eigenvalue weighted by atomic mass is 35.5. The van der Waals surface area contributed by atoms with Gasteiger partial charge in [0.05, 0.1) is 18.2 Å². The fourth-order valence-corrected chi connectivity index (χ4v) is 1.74. The van der Waals surface area contributed by atoms with Gasteiger partial charge in [0, 0.05) is 32.3 Å². The van der Waals surface area contributed by atoms with E-state index in [4.69, 9.17) is 21.4 Å². The summed E-state index contributed by atoms with van der Waals surface area (Å²) < 4.78 is 18.6. The first-order valence-corrected chi connectivity index (χ1v) is 5.82. The lowest BCUT2D eigenvalue weighted by Crippen LogP contribution is -2.30. The number of rotatable bonds is 7. The Hall–Kier alpha value is -0.680. The van der Waals surface area contributed by atoms with E-state index in [0.717, 1.165) is 0 Å². The quantitative estimate of drug-likeness (QED) is 0.814. The molecule has 0 aromatic heterocycles. The smallest absolute Gasteiger partial charge is 0.146 e. The lowest BCUT2D eigenvalue weighted by molar-refractivity contribution is 0.126. The molecule has 0 spiro atoms. The third-order valence-corrected chi connectivity index (χ3v) is 2.75. The molecule has 0 heterocycles. The van der Waals surface area contributed by atoms with Crippen LogP contribution < -0.4 is 0 Å². The Kier molecular flexibility index (Phi) is 6.44. The Morgan fingerprint density at radius 2 is 2.18 bits per heavy atom. The minimum Gasteiger partial charge on any atom is -0.395 e. The Labute approximate surface area is 106 Å². The molecule has 0 saturated heterocycles. The first kappa shape index (κ1) is 14.4. The van der Waals surface area contributed by atoms with Crippen LogP contribution >= 0.6 is 11.6 Å². The lowest BCUT2D eigenvalue weighted by atomic mass is 10.2. The topological polar surface area (TPSA) is 32.7 Å². The third-order valence-electron chi connectivity index (χ3n) is 2.45. The van der Waals surface area contributed by atoms with E-state index >= 15 is 0 Å². The van der Waals surface area contributed by atoms with Crippen molar-refractivity contribution >= 4 is 11.6 Å². The van der Waals surface area contributed by atoms with Crippen molar-refractivity contribution in [2.45, 2.75) is 6.54 Å². The first-order valence-electron chi connectivity index (χ1n) is 5.44. The van der Waals surface area contributed by atoms with Gasteiger partial charge in [-0.2, -0.15) is 0 Å². The lowest BCUT2D eigenvalue weighted by Gasteiger charge is -2.21. The fraction of sp³-hybridized carbons (Fsp3) is 0.500. The molecular formula is C12H17ClFNO2. The van der Waals surface area contributed by atoms with Gasteiger partial charge >= 0.3 is 0 Å². The van der Waals surface area contributed by atoms with Crippen molar-refractivity contribution in [3.05, 3.63) is 34.6 Å². The molecule has 3 nitrogen and oxygen atoms in total. The molecule has 0 radical (unpaired) electrons.